The van der Waals surface area contributed by atoms with Crippen LogP contribution in [0.3, 0.4) is 0 Å². The first kappa shape index (κ1) is 11.6. The van der Waals surface area contributed by atoms with Crippen molar-refractivity contribution in [2.24, 2.45) is 0 Å². The molecule has 0 amide bonds. The molecule has 0 atom stereocenters. The summed E-state index contributed by atoms with van der Waals surface area (Å²) in [5.41, 5.74) is 0.985. The predicted molar refractivity (Wildman–Crippen MR) is 60.0 cm³/mol. The monoisotopic (exact) mass is 206 g/mol. The zero-order chi connectivity index (χ0) is 11.3. The van der Waals surface area contributed by atoms with Crippen molar-refractivity contribution in [1.29, 1.82) is 0 Å². The molecule has 0 aliphatic rings. The average molecular weight is 206 g/mol. The number of hydrogen-bond acceptors (Lipinski definition) is 1. The number of halogens is 1. The molecule has 1 aromatic rings. The Kier molecular flexibility index (Phi) is 4.22. The average Bonchev–Trinajstić information content (AvgIpc) is 2.24. The molecule has 0 radical (unpaired) electrons. The number of carbonyl (C=O) groups is 1. The van der Waals surface area contributed by atoms with Gasteiger partial charge in [0.05, 0.1) is 0 Å². The smallest absolute Gasteiger partial charge is 0.162 e. The summed E-state index contributed by atoms with van der Waals surface area (Å²) in [6.45, 7) is 5.73. The first-order valence-corrected chi connectivity index (χ1v) is 5.13. The first-order valence-electron chi connectivity index (χ1n) is 5.13. The molecule has 0 aliphatic carbocycles. The summed E-state index contributed by atoms with van der Waals surface area (Å²) in [6, 6.07) is 5.98. The van der Waals surface area contributed by atoms with Gasteiger partial charge in [0.15, 0.2) is 5.78 Å². The van der Waals surface area contributed by atoms with Gasteiger partial charge >= 0.3 is 0 Å². The molecule has 80 valence electrons. The Balaban J connectivity index is 2.72. The molecule has 0 saturated carbocycles. The Morgan fingerprint density at radius 3 is 2.80 bits per heavy atom. The maximum atomic E-state index is 12.9. The van der Waals surface area contributed by atoms with Crippen LogP contribution in [0.2, 0.25) is 0 Å². The van der Waals surface area contributed by atoms with Gasteiger partial charge < -0.3 is 0 Å². The molecule has 0 unspecified atom stereocenters. The lowest BCUT2D eigenvalue weighted by molar-refractivity contribution is -0.113. The molecule has 0 aliphatic heterocycles. The zero-order valence-electron chi connectivity index (χ0n) is 8.92. The molecule has 0 heterocycles. The van der Waals surface area contributed by atoms with Crippen LogP contribution in [0.5, 0.6) is 0 Å². The molecule has 0 aromatic heterocycles. The second-order valence-electron chi connectivity index (χ2n) is 3.52. The highest BCUT2D eigenvalue weighted by Crippen LogP contribution is 2.16. The van der Waals surface area contributed by atoms with Crippen LogP contribution in [0.25, 0.3) is 5.57 Å². The summed E-state index contributed by atoms with van der Waals surface area (Å²) in [7, 11) is 0. The standard InChI is InChI=1S/C13H15FO/c1-3-4-8-13(15)10(2)11-6-5-7-12(14)9-11/h5-7,9H,2-4,8H2,1H3. The van der Waals surface area contributed by atoms with Gasteiger partial charge in [-0.1, -0.05) is 32.1 Å². The van der Waals surface area contributed by atoms with Gasteiger partial charge in [0.2, 0.25) is 0 Å². The van der Waals surface area contributed by atoms with Crippen molar-refractivity contribution >= 4 is 11.4 Å². The summed E-state index contributed by atoms with van der Waals surface area (Å²) in [4.78, 5) is 11.6. The topological polar surface area (TPSA) is 17.1 Å². The third-order valence-electron chi connectivity index (χ3n) is 2.27. The largest absolute Gasteiger partial charge is 0.294 e. The van der Waals surface area contributed by atoms with Crippen LogP contribution in [-0.4, -0.2) is 5.78 Å². The summed E-state index contributed by atoms with van der Waals surface area (Å²) in [6.07, 6.45) is 2.32. The number of carbonyl (C=O) groups excluding carboxylic acids is 1. The fourth-order valence-electron chi connectivity index (χ4n) is 1.33. The summed E-state index contributed by atoms with van der Waals surface area (Å²) < 4.78 is 12.9. The highest BCUT2D eigenvalue weighted by Gasteiger charge is 2.09. The lowest BCUT2D eigenvalue weighted by Crippen LogP contribution is -2.00. The van der Waals surface area contributed by atoms with Crippen LogP contribution in [0.1, 0.15) is 31.7 Å². The van der Waals surface area contributed by atoms with E-state index in [1.807, 2.05) is 6.92 Å². The van der Waals surface area contributed by atoms with Crippen LogP contribution in [0.15, 0.2) is 30.8 Å². The molecule has 2 heteroatoms. The molecule has 0 N–H and O–H groups in total. The predicted octanol–water partition coefficient (Wildman–Crippen LogP) is 3.60. The van der Waals surface area contributed by atoms with Crippen molar-refractivity contribution in [3.05, 3.63) is 42.2 Å². The minimum absolute atomic E-state index is 0.00227. The lowest BCUT2D eigenvalue weighted by atomic mass is 10.00. The number of rotatable bonds is 5. The summed E-state index contributed by atoms with van der Waals surface area (Å²) in [5, 5.41) is 0. The van der Waals surface area contributed by atoms with Crippen molar-refractivity contribution in [3.8, 4) is 0 Å². The molecule has 1 rings (SSSR count). The molecular formula is C13H15FO. The third-order valence-corrected chi connectivity index (χ3v) is 2.27. The second kappa shape index (κ2) is 5.44. The normalized spacial score (nSPS) is 10.0. The zero-order valence-corrected chi connectivity index (χ0v) is 8.92. The van der Waals surface area contributed by atoms with E-state index in [1.165, 1.54) is 12.1 Å². The third kappa shape index (κ3) is 3.31. The van der Waals surface area contributed by atoms with Crippen LogP contribution in [0.4, 0.5) is 4.39 Å². The lowest BCUT2D eigenvalue weighted by Gasteiger charge is -2.04. The summed E-state index contributed by atoms with van der Waals surface area (Å²) in [5.74, 6) is -0.334. The van der Waals surface area contributed by atoms with Crippen molar-refractivity contribution < 1.29 is 9.18 Å². The molecule has 1 nitrogen and oxygen atoms in total. The molecule has 0 spiro atoms. The molecule has 0 saturated heterocycles. The molecule has 0 fully saturated rings. The first-order chi connectivity index (χ1) is 7.15. The van der Waals surface area contributed by atoms with Crippen LogP contribution < -0.4 is 0 Å². The van der Waals surface area contributed by atoms with Gasteiger partial charge in [0.25, 0.3) is 0 Å². The Morgan fingerprint density at radius 1 is 1.47 bits per heavy atom. The molecule has 1 aromatic carbocycles. The molecule has 0 bridgehead atoms. The van der Waals surface area contributed by atoms with E-state index in [9.17, 15) is 9.18 Å². The van der Waals surface area contributed by atoms with E-state index in [0.717, 1.165) is 12.8 Å². The highest BCUT2D eigenvalue weighted by molar-refractivity contribution is 6.19. The summed E-state index contributed by atoms with van der Waals surface area (Å²) >= 11 is 0. The number of allylic oxidation sites excluding steroid dienone is 1. The van der Waals surface area contributed by atoms with E-state index in [4.69, 9.17) is 0 Å². The van der Waals surface area contributed by atoms with Crippen LogP contribution in [-0.2, 0) is 4.79 Å². The second-order valence-corrected chi connectivity index (χ2v) is 3.52. The van der Waals surface area contributed by atoms with E-state index in [2.05, 4.69) is 6.58 Å². The van der Waals surface area contributed by atoms with Crippen molar-refractivity contribution in [1.82, 2.24) is 0 Å². The SMILES string of the molecule is C=C(C(=O)CCCC)c1cccc(F)c1. The highest BCUT2D eigenvalue weighted by atomic mass is 19.1. The van der Waals surface area contributed by atoms with Crippen molar-refractivity contribution in [3.63, 3.8) is 0 Å². The number of benzene rings is 1. The van der Waals surface area contributed by atoms with Gasteiger partial charge in [0.1, 0.15) is 5.82 Å². The van der Waals surface area contributed by atoms with E-state index in [-0.39, 0.29) is 11.6 Å². The Hall–Kier alpha value is -1.44. The van der Waals surface area contributed by atoms with Crippen molar-refractivity contribution in [2.45, 2.75) is 26.2 Å². The number of ketones is 1. The Labute approximate surface area is 89.6 Å². The van der Waals surface area contributed by atoms with Gasteiger partial charge in [-0.3, -0.25) is 4.79 Å². The number of hydrogen-bond donors (Lipinski definition) is 0. The van der Waals surface area contributed by atoms with E-state index >= 15 is 0 Å². The Bertz CT molecular complexity index is 369. The maximum absolute atomic E-state index is 12.9. The molecule has 15 heavy (non-hydrogen) atoms. The van der Waals surface area contributed by atoms with Gasteiger partial charge in [-0.25, -0.2) is 4.39 Å². The number of Topliss-reactive ketones (excluding diaryl/α,β-unsaturated/α-hetero) is 1. The fourth-order valence-corrected chi connectivity index (χ4v) is 1.33. The Morgan fingerprint density at radius 2 is 2.20 bits per heavy atom. The van der Waals surface area contributed by atoms with Crippen molar-refractivity contribution in [2.75, 3.05) is 0 Å². The minimum atomic E-state index is -0.336. The van der Waals surface area contributed by atoms with Crippen LogP contribution >= 0.6 is 0 Å². The maximum Gasteiger partial charge on any atom is 0.162 e. The van der Waals surface area contributed by atoms with Gasteiger partial charge in [-0.2, -0.15) is 0 Å². The van der Waals surface area contributed by atoms with Gasteiger partial charge in [-0.05, 0) is 24.1 Å². The minimum Gasteiger partial charge on any atom is -0.294 e. The quantitative estimate of drug-likeness (QED) is 0.673. The van der Waals surface area contributed by atoms with Gasteiger partial charge in [0, 0.05) is 12.0 Å². The van der Waals surface area contributed by atoms with E-state index < -0.39 is 0 Å². The molecular weight excluding hydrogens is 191 g/mol. The van der Waals surface area contributed by atoms with E-state index in [1.54, 1.807) is 12.1 Å². The van der Waals surface area contributed by atoms with Crippen LogP contribution in [0, 0.1) is 5.82 Å². The van der Waals surface area contributed by atoms with Gasteiger partial charge in [-0.15, -0.1) is 0 Å². The van der Waals surface area contributed by atoms with E-state index in [0.29, 0.717) is 17.6 Å². The fraction of sp³-hybridized carbons (Fsp3) is 0.308. The number of unbranched alkanes of at least 4 members (excludes halogenated alkanes) is 1.